The molecular weight excluding hydrogens is 323 g/mol. The predicted molar refractivity (Wildman–Crippen MR) is 92.1 cm³/mol. The summed E-state index contributed by atoms with van der Waals surface area (Å²) in [5.74, 6) is 1.02. The standard InChI is InChI=1S/C16H23ClN2O2.ClH/c1-19(16(20)12-14-4-2-9-18-14)10-3-11-21-15-7-5-13(17)6-8-15;/h5-8,14,18H,2-4,9-12H2,1H3;1H. The Bertz CT molecular complexity index is 448. The van der Waals surface area contributed by atoms with Crippen LogP contribution in [-0.2, 0) is 4.79 Å². The Labute approximate surface area is 143 Å². The summed E-state index contributed by atoms with van der Waals surface area (Å²) < 4.78 is 5.62. The van der Waals surface area contributed by atoms with Gasteiger partial charge in [-0.05, 0) is 50.1 Å². The highest BCUT2D eigenvalue weighted by molar-refractivity contribution is 6.30. The van der Waals surface area contributed by atoms with E-state index in [2.05, 4.69) is 5.32 Å². The second-order valence-corrected chi connectivity index (χ2v) is 5.91. The van der Waals surface area contributed by atoms with Gasteiger partial charge >= 0.3 is 0 Å². The molecule has 0 saturated carbocycles. The van der Waals surface area contributed by atoms with Gasteiger partial charge in [0, 0.05) is 31.1 Å². The topological polar surface area (TPSA) is 41.6 Å². The van der Waals surface area contributed by atoms with Crippen LogP contribution < -0.4 is 10.1 Å². The van der Waals surface area contributed by atoms with E-state index in [1.54, 1.807) is 17.0 Å². The third-order valence-electron chi connectivity index (χ3n) is 3.73. The minimum absolute atomic E-state index is 0. The third-order valence-corrected chi connectivity index (χ3v) is 3.98. The van der Waals surface area contributed by atoms with Gasteiger partial charge in [-0.2, -0.15) is 0 Å². The quantitative estimate of drug-likeness (QED) is 0.771. The smallest absolute Gasteiger partial charge is 0.223 e. The zero-order chi connectivity index (χ0) is 15.1. The molecule has 1 atom stereocenters. The zero-order valence-electron chi connectivity index (χ0n) is 12.9. The van der Waals surface area contributed by atoms with Gasteiger partial charge < -0.3 is 15.0 Å². The van der Waals surface area contributed by atoms with Crippen LogP contribution in [0.4, 0.5) is 0 Å². The Morgan fingerprint density at radius 2 is 2.14 bits per heavy atom. The van der Waals surface area contributed by atoms with Gasteiger partial charge in [-0.15, -0.1) is 12.4 Å². The Morgan fingerprint density at radius 3 is 2.77 bits per heavy atom. The van der Waals surface area contributed by atoms with Gasteiger partial charge in [-0.1, -0.05) is 11.6 Å². The van der Waals surface area contributed by atoms with Gasteiger partial charge in [0.05, 0.1) is 6.61 Å². The number of amides is 1. The summed E-state index contributed by atoms with van der Waals surface area (Å²) in [6, 6.07) is 7.68. The zero-order valence-corrected chi connectivity index (χ0v) is 14.5. The van der Waals surface area contributed by atoms with Crippen molar-refractivity contribution in [3.8, 4) is 5.75 Å². The Balaban J connectivity index is 0.00000242. The number of hydrogen-bond acceptors (Lipinski definition) is 3. The van der Waals surface area contributed by atoms with Gasteiger partial charge in [0.1, 0.15) is 5.75 Å². The van der Waals surface area contributed by atoms with E-state index < -0.39 is 0 Å². The molecule has 1 N–H and O–H groups in total. The van der Waals surface area contributed by atoms with E-state index in [4.69, 9.17) is 16.3 Å². The molecule has 4 nitrogen and oxygen atoms in total. The summed E-state index contributed by atoms with van der Waals surface area (Å²) in [7, 11) is 1.86. The molecule has 1 amide bonds. The van der Waals surface area contributed by atoms with Crippen LogP contribution in [-0.4, -0.2) is 43.6 Å². The molecule has 2 rings (SSSR count). The summed E-state index contributed by atoms with van der Waals surface area (Å²) >= 11 is 5.81. The summed E-state index contributed by atoms with van der Waals surface area (Å²) in [6.07, 6.45) is 3.72. The van der Waals surface area contributed by atoms with E-state index in [0.717, 1.165) is 31.7 Å². The van der Waals surface area contributed by atoms with Crippen LogP contribution in [0.5, 0.6) is 5.75 Å². The number of nitrogens with one attached hydrogen (secondary N) is 1. The average Bonchev–Trinajstić information content (AvgIpc) is 2.98. The molecule has 1 aliphatic rings. The van der Waals surface area contributed by atoms with E-state index in [1.807, 2.05) is 19.2 Å². The van der Waals surface area contributed by atoms with Crippen LogP contribution in [0.3, 0.4) is 0 Å². The van der Waals surface area contributed by atoms with Crippen molar-refractivity contribution in [1.82, 2.24) is 10.2 Å². The fraction of sp³-hybridized carbons (Fsp3) is 0.562. The van der Waals surface area contributed by atoms with Crippen LogP contribution in [0.2, 0.25) is 5.02 Å². The third kappa shape index (κ3) is 6.42. The molecule has 0 bridgehead atoms. The lowest BCUT2D eigenvalue weighted by molar-refractivity contribution is -0.130. The maximum atomic E-state index is 12.0. The van der Waals surface area contributed by atoms with Crippen LogP contribution in [0, 0.1) is 0 Å². The summed E-state index contributed by atoms with van der Waals surface area (Å²) in [6.45, 7) is 2.36. The minimum atomic E-state index is 0. The molecule has 1 heterocycles. The maximum absolute atomic E-state index is 12.0. The monoisotopic (exact) mass is 346 g/mol. The fourth-order valence-electron chi connectivity index (χ4n) is 2.44. The Kier molecular flexibility index (Phi) is 8.61. The molecule has 124 valence electrons. The first-order chi connectivity index (χ1) is 10.1. The molecule has 1 unspecified atom stereocenters. The molecule has 22 heavy (non-hydrogen) atoms. The predicted octanol–water partition coefficient (Wildman–Crippen LogP) is 3.13. The van der Waals surface area contributed by atoms with E-state index in [-0.39, 0.29) is 18.3 Å². The lowest BCUT2D eigenvalue weighted by atomic mass is 10.1. The van der Waals surface area contributed by atoms with Crippen molar-refractivity contribution in [2.75, 3.05) is 26.7 Å². The van der Waals surface area contributed by atoms with Gasteiger partial charge in [0.15, 0.2) is 0 Å². The number of ether oxygens (including phenoxy) is 1. The first kappa shape index (κ1) is 19.1. The lowest BCUT2D eigenvalue weighted by Crippen LogP contribution is -2.34. The fourth-order valence-corrected chi connectivity index (χ4v) is 2.57. The Morgan fingerprint density at radius 1 is 1.41 bits per heavy atom. The highest BCUT2D eigenvalue weighted by Crippen LogP contribution is 2.15. The SMILES string of the molecule is CN(CCCOc1ccc(Cl)cc1)C(=O)CC1CCCN1.Cl. The molecule has 1 aromatic rings. The number of rotatable bonds is 7. The van der Waals surface area contributed by atoms with E-state index in [0.29, 0.717) is 24.1 Å². The molecule has 1 aliphatic heterocycles. The van der Waals surface area contributed by atoms with Crippen LogP contribution in [0.15, 0.2) is 24.3 Å². The lowest BCUT2D eigenvalue weighted by Gasteiger charge is -2.19. The van der Waals surface area contributed by atoms with Gasteiger partial charge in [-0.3, -0.25) is 4.79 Å². The number of benzene rings is 1. The molecule has 1 saturated heterocycles. The van der Waals surface area contributed by atoms with Crippen LogP contribution in [0.1, 0.15) is 25.7 Å². The maximum Gasteiger partial charge on any atom is 0.223 e. The summed E-state index contributed by atoms with van der Waals surface area (Å²) in [5.41, 5.74) is 0. The van der Waals surface area contributed by atoms with E-state index in [1.165, 1.54) is 6.42 Å². The number of hydrogen-bond donors (Lipinski definition) is 1. The van der Waals surface area contributed by atoms with Crippen molar-refractivity contribution < 1.29 is 9.53 Å². The molecule has 6 heteroatoms. The van der Waals surface area contributed by atoms with Gasteiger partial charge in [-0.25, -0.2) is 0 Å². The van der Waals surface area contributed by atoms with Crippen molar-refractivity contribution in [1.29, 1.82) is 0 Å². The molecule has 0 radical (unpaired) electrons. The van der Waals surface area contributed by atoms with Crippen molar-refractivity contribution in [2.45, 2.75) is 31.7 Å². The highest BCUT2D eigenvalue weighted by atomic mass is 35.5. The van der Waals surface area contributed by atoms with Gasteiger partial charge in [0.25, 0.3) is 0 Å². The average molecular weight is 347 g/mol. The largest absolute Gasteiger partial charge is 0.494 e. The van der Waals surface area contributed by atoms with Crippen molar-refractivity contribution in [2.24, 2.45) is 0 Å². The van der Waals surface area contributed by atoms with E-state index in [9.17, 15) is 4.79 Å². The molecular formula is C16H24Cl2N2O2. The first-order valence-electron chi connectivity index (χ1n) is 7.51. The first-order valence-corrected chi connectivity index (χ1v) is 7.88. The normalized spacial score (nSPS) is 16.9. The molecule has 1 fully saturated rings. The van der Waals surface area contributed by atoms with Crippen LogP contribution in [0.25, 0.3) is 0 Å². The minimum Gasteiger partial charge on any atom is -0.494 e. The summed E-state index contributed by atoms with van der Waals surface area (Å²) in [5, 5.41) is 4.05. The van der Waals surface area contributed by atoms with E-state index >= 15 is 0 Å². The van der Waals surface area contributed by atoms with Gasteiger partial charge in [0.2, 0.25) is 5.91 Å². The van der Waals surface area contributed by atoms with Crippen molar-refractivity contribution in [3.63, 3.8) is 0 Å². The summed E-state index contributed by atoms with van der Waals surface area (Å²) in [4.78, 5) is 13.8. The second kappa shape index (κ2) is 9.93. The highest BCUT2D eigenvalue weighted by Gasteiger charge is 2.19. The molecule has 0 aromatic heterocycles. The number of carbonyl (C=O) groups is 1. The number of nitrogens with zero attached hydrogens (tertiary/aromatic N) is 1. The van der Waals surface area contributed by atoms with Crippen molar-refractivity contribution >= 4 is 29.9 Å². The molecule has 0 aliphatic carbocycles. The molecule has 1 aromatic carbocycles. The second-order valence-electron chi connectivity index (χ2n) is 5.47. The van der Waals surface area contributed by atoms with Crippen LogP contribution >= 0.6 is 24.0 Å². The molecule has 0 spiro atoms. The number of carbonyl (C=O) groups excluding carboxylic acids is 1. The van der Waals surface area contributed by atoms with Crippen molar-refractivity contribution in [3.05, 3.63) is 29.3 Å². The Hall–Kier alpha value is -0.970. The number of halogens is 2.